The normalized spacial score (nSPS) is 10.5. The second-order valence-corrected chi connectivity index (χ2v) is 4.63. The molecule has 0 aliphatic rings. The van der Waals surface area contributed by atoms with Gasteiger partial charge in [-0.3, -0.25) is 0 Å². The number of halogens is 1. The van der Waals surface area contributed by atoms with E-state index in [9.17, 15) is 9.18 Å². The van der Waals surface area contributed by atoms with Crippen molar-refractivity contribution < 1.29 is 28.1 Å². The van der Waals surface area contributed by atoms with Crippen LogP contribution in [0.1, 0.15) is 5.56 Å². The largest absolute Gasteiger partial charge is 0.496 e. The summed E-state index contributed by atoms with van der Waals surface area (Å²) in [6.07, 6.45) is 2.67. The van der Waals surface area contributed by atoms with E-state index in [2.05, 4.69) is 0 Å². The Morgan fingerprint density at radius 1 is 0.917 bits per heavy atom. The van der Waals surface area contributed by atoms with Crippen LogP contribution in [0.2, 0.25) is 0 Å². The molecule has 2 rings (SSSR count). The summed E-state index contributed by atoms with van der Waals surface area (Å²) in [6, 6.07) is 8.97. The first kappa shape index (κ1) is 17.3. The Kier molecular flexibility index (Phi) is 5.78. The predicted molar refractivity (Wildman–Crippen MR) is 87.2 cm³/mol. The van der Waals surface area contributed by atoms with Crippen LogP contribution in [0.4, 0.5) is 4.39 Å². The van der Waals surface area contributed by atoms with Gasteiger partial charge >= 0.3 is 5.97 Å². The van der Waals surface area contributed by atoms with E-state index in [0.29, 0.717) is 22.8 Å². The number of hydrogen-bond acceptors (Lipinski definition) is 5. The zero-order chi connectivity index (χ0) is 17.5. The van der Waals surface area contributed by atoms with Crippen LogP contribution >= 0.6 is 0 Å². The summed E-state index contributed by atoms with van der Waals surface area (Å²) in [4.78, 5) is 11.8. The van der Waals surface area contributed by atoms with Gasteiger partial charge in [-0.15, -0.1) is 0 Å². The van der Waals surface area contributed by atoms with Gasteiger partial charge in [0.15, 0.2) is 23.1 Å². The van der Waals surface area contributed by atoms with Crippen molar-refractivity contribution in [3.63, 3.8) is 0 Å². The van der Waals surface area contributed by atoms with Gasteiger partial charge in [0.1, 0.15) is 5.75 Å². The topological polar surface area (TPSA) is 54.0 Å². The first-order valence-corrected chi connectivity index (χ1v) is 7.03. The fraction of sp³-hybridized carbons (Fsp3) is 0.167. The first-order chi connectivity index (χ1) is 11.6. The monoisotopic (exact) mass is 332 g/mol. The average Bonchev–Trinajstić information content (AvgIpc) is 2.61. The third kappa shape index (κ3) is 4.04. The number of para-hydroxylation sites is 1. The molecule has 0 heterocycles. The van der Waals surface area contributed by atoms with Crippen LogP contribution in [0.3, 0.4) is 0 Å². The lowest BCUT2D eigenvalue weighted by Crippen LogP contribution is -2.05. The number of methoxy groups -OCH3 is 3. The van der Waals surface area contributed by atoms with Gasteiger partial charge in [0.2, 0.25) is 0 Å². The first-order valence-electron chi connectivity index (χ1n) is 7.03. The number of esters is 1. The number of carbonyl (C=O) groups is 1. The summed E-state index contributed by atoms with van der Waals surface area (Å²) in [7, 11) is 4.51. The van der Waals surface area contributed by atoms with E-state index in [1.807, 2.05) is 0 Å². The van der Waals surface area contributed by atoms with E-state index < -0.39 is 11.8 Å². The highest BCUT2D eigenvalue weighted by molar-refractivity contribution is 5.89. The minimum absolute atomic E-state index is 0.133. The van der Waals surface area contributed by atoms with E-state index in [0.717, 1.165) is 0 Å². The minimum atomic E-state index is -0.711. The van der Waals surface area contributed by atoms with E-state index in [1.54, 1.807) is 18.2 Å². The van der Waals surface area contributed by atoms with Crippen molar-refractivity contribution in [1.82, 2.24) is 0 Å². The maximum Gasteiger partial charge on any atom is 0.336 e. The molecule has 0 bridgehead atoms. The summed E-state index contributed by atoms with van der Waals surface area (Å²) in [5.41, 5.74) is 0.584. The quantitative estimate of drug-likeness (QED) is 0.461. The zero-order valence-corrected chi connectivity index (χ0v) is 13.5. The summed E-state index contributed by atoms with van der Waals surface area (Å²) < 4.78 is 34.1. The van der Waals surface area contributed by atoms with Crippen molar-refractivity contribution in [2.24, 2.45) is 0 Å². The van der Waals surface area contributed by atoms with Gasteiger partial charge < -0.3 is 18.9 Å². The Hall–Kier alpha value is -3.02. The average molecular weight is 332 g/mol. The maximum atomic E-state index is 13.5. The molecular formula is C18H17FO5. The summed E-state index contributed by atoms with van der Waals surface area (Å²) >= 11 is 0. The Labute approximate surface area is 139 Å². The fourth-order valence-corrected chi connectivity index (χ4v) is 2.01. The smallest absolute Gasteiger partial charge is 0.336 e. The molecule has 0 unspecified atom stereocenters. The number of hydrogen-bond donors (Lipinski definition) is 0. The van der Waals surface area contributed by atoms with Crippen molar-refractivity contribution >= 4 is 12.0 Å². The fourth-order valence-electron chi connectivity index (χ4n) is 2.01. The highest BCUT2D eigenvalue weighted by Gasteiger charge is 2.11. The lowest BCUT2D eigenvalue weighted by molar-refractivity contribution is -0.129. The molecule has 2 aromatic rings. The Balaban J connectivity index is 2.21. The molecule has 0 fully saturated rings. The van der Waals surface area contributed by atoms with E-state index >= 15 is 0 Å². The molecule has 5 nitrogen and oxygen atoms in total. The van der Waals surface area contributed by atoms with Crippen molar-refractivity contribution in [1.29, 1.82) is 0 Å². The molecule has 6 heteroatoms. The van der Waals surface area contributed by atoms with Crippen LogP contribution in [-0.2, 0) is 4.79 Å². The third-order valence-electron chi connectivity index (χ3n) is 3.18. The van der Waals surface area contributed by atoms with Gasteiger partial charge in [-0.05, 0) is 24.3 Å². The number of ether oxygens (including phenoxy) is 4. The Bertz CT molecular complexity index is 755. The van der Waals surface area contributed by atoms with Gasteiger partial charge in [-0.1, -0.05) is 12.1 Å². The van der Waals surface area contributed by atoms with Crippen molar-refractivity contribution in [2.45, 2.75) is 0 Å². The lowest BCUT2D eigenvalue weighted by Gasteiger charge is -2.12. The van der Waals surface area contributed by atoms with Gasteiger partial charge in [0.05, 0.1) is 21.3 Å². The predicted octanol–water partition coefficient (Wildman–Crippen LogP) is 3.47. The van der Waals surface area contributed by atoms with Gasteiger partial charge in [0, 0.05) is 17.7 Å². The molecule has 0 amide bonds. The maximum absolute atomic E-state index is 13.5. The van der Waals surface area contributed by atoms with Gasteiger partial charge in [0.25, 0.3) is 0 Å². The molecule has 2 aromatic carbocycles. The second kappa shape index (κ2) is 8.01. The van der Waals surface area contributed by atoms with Crippen LogP contribution in [0.5, 0.6) is 23.0 Å². The summed E-state index contributed by atoms with van der Waals surface area (Å²) in [5, 5.41) is 0. The minimum Gasteiger partial charge on any atom is -0.496 e. The Morgan fingerprint density at radius 3 is 2.17 bits per heavy atom. The molecule has 0 N–H and O–H groups in total. The molecular weight excluding hydrogens is 315 g/mol. The highest BCUT2D eigenvalue weighted by Crippen LogP contribution is 2.35. The molecule has 0 aliphatic heterocycles. The number of carbonyl (C=O) groups excluding carboxylic acids is 1. The standard InChI is InChI=1S/C18H17FO5/c1-21-15-11-17(23-3)16(22-2)10-12(15)8-9-18(20)24-14-7-5-4-6-13(14)19/h4-11H,1-3H3/b9-8+. The number of rotatable bonds is 6. The molecule has 0 radical (unpaired) electrons. The van der Waals surface area contributed by atoms with Gasteiger partial charge in [-0.25, -0.2) is 9.18 Å². The molecule has 0 atom stereocenters. The zero-order valence-electron chi connectivity index (χ0n) is 13.5. The second-order valence-electron chi connectivity index (χ2n) is 4.63. The summed E-state index contributed by atoms with van der Waals surface area (Å²) in [5.74, 6) is 0.0229. The molecule has 0 spiro atoms. The van der Waals surface area contributed by atoms with Crippen molar-refractivity contribution in [3.05, 3.63) is 53.9 Å². The lowest BCUT2D eigenvalue weighted by atomic mass is 10.1. The summed E-state index contributed by atoms with van der Waals surface area (Å²) in [6.45, 7) is 0. The molecule has 0 aliphatic carbocycles. The van der Waals surface area contributed by atoms with Crippen LogP contribution in [0.15, 0.2) is 42.5 Å². The van der Waals surface area contributed by atoms with Crippen LogP contribution < -0.4 is 18.9 Å². The SMILES string of the molecule is COc1cc(OC)c(OC)cc1/C=C/C(=O)Oc1ccccc1F. The van der Waals surface area contributed by atoms with Crippen LogP contribution in [-0.4, -0.2) is 27.3 Å². The number of benzene rings is 2. The molecule has 24 heavy (non-hydrogen) atoms. The Morgan fingerprint density at radius 2 is 1.54 bits per heavy atom. The highest BCUT2D eigenvalue weighted by atomic mass is 19.1. The van der Waals surface area contributed by atoms with E-state index in [-0.39, 0.29) is 5.75 Å². The third-order valence-corrected chi connectivity index (χ3v) is 3.18. The van der Waals surface area contributed by atoms with E-state index in [1.165, 1.54) is 51.7 Å². The van der Waals surface area contributed by atoms with Gasteiger partial charge in [-0.2, -0.15) is 0 Å². The van der Waals surface area contributed by atoms with Crippen molar-refractivity contribution in [2.75, 3.05) is 21.3 Å². The van der Waals surface area contributed by atoms with Crippen molar-refractivity contribution in [3.8, 4) is 23.0 Å². The molecule has 0 aromatic heterocycles. The molecule has 126 valence electrons. The molecule has 0 saturated heterocycles. The van der Waals surface area contributed by atoms with Crippen LogP contribution in [0.25, 0.3) is 6.08 Å². The molecule has 0 saturated carbocycles. The van der Waals surface area contributed by atoms with E-state index in [4.69, 9.17) is 18.9 Å². The van der Waals surface area contributed by atoms with Crippen LogP contribution in [0, 0.1) is 5.82 Å².